The average molecular weight is 260 g/mol. The van der Waals surface area contributed by atoms with Crippen LogP contribution in [0.1, 0.15) is 16.2 Å². The summed E-state index contributed by atoms with van der Waals surface area (Å²) in [6.45, 7) is 0. The van der Waals surface area contributed by atoms with E-state index < -0.39 is 23.3 Å². The Labute approximate surface area is 97.8 Å². The predicted octanol–water partition coefficient (Wildman–Crippen LogP) is 1.43. The molecule has 0 aliphatic heterocycles. The van der Waals surface area contributed by atoms with Crippen LogP contribution in [-0.4, -0.2) is 22.7 Å². The molecule has 2 aromatic rings. The summed E-state index contributed by atoms with van der Waals surface area (Å²) in [7, 11) is 1.10. The summed E-state index contributed by atoms with van der Waals surface area (Å²) in [5.41, 5.74) is -2.21. The number of alkyl halides is 3. The second-order valence-corrected chi connectivity index (χ2v) is 3.50. The van der Waals surface area contributed by atoms with E-state index in [9.17, 15) is 22.8 Å². The molecule has 0 atom stereocenters. The molecule has 0 aliphatic rings. The number of aromatic nitrogens is 2. The van der Waals surface area contributed by atoms with Crippen molar-refractivity contribution in [2.45, 2.75) is 6.18 Å². The molecule has 0 bridgehead atoms. The second-order valence-electron chi connectivity index (χ2n) is 3.50. The minimum absolute atomic E-state index is 0.0600. The number of methoxy groups -OCH3 is 1. The molecule has 0 amide bonds. The maximum Gasteiger partial charge on any atom is 0.433 e. The smallest absolute Gasteiger partial charge is 0.433 e. The largest absolute Gasteiger partial charge is 0.464 e. The van der Waals surface area contributed by atoms with E-state index in [0.29, 0.717) is 10.6 Å². The molecule has 18 heavy (non-hydrogen) atoms. The van der Waals surface area contributed by atoms with E-state index in [1.807, 2.05) is 0 Å². The Bertz CT molecular complexity index is 669. The van der Waals surface area contributed by atoms with E-state index in [1.165, 1.54) is 0 Å². The summed E-state index contributed by atoms with van der Waals surface area (Å²) in [6, 6.07) is 2.55. The molecule has 0 aromatic carbocycles. The number of esters is 1. The highest BCUT2D eigenvalue weighted by Crippen LogP contribution is 2.28. The van der Waals surface area contributed by atoms with Crippen LogP contribution in [0.5, 0.6) is 0 Å². The summed E-state index contributed by atoms with van der Waals surface area (Å²) < 4.78 is 43.1. The van der Waals surface area contributed by atoms with E-state index in [0.717, 1.165) is 19.2 Å². The minimum Gasteiger partial charge on any atom is -0.464 e. The lowest BCUT2D eigenvalue weighted by atomic mass is 10.3. The third kappa shape index (κ3) is 1.96. The molecule has 1 N–H and O–H groups in total. The summed E-state index contributed by atoms with van der Waals surface area (Å²) in [5, 5.41) is 2.23. The second kappa shape index (κ2) is 3.90. The van der Waals surface area contributed by atoms with Gasteiger partial charge in [0.2, 0.25) is 0 Å². The molecule has 0 fully saturated rings. The maximum absolute atomic E-state index is 12.7. The van der Waals surface area contributed by atoms with E-state index in [-0.39, 0.29) is 11.2 Å². The van der Waals surface area contributed by atoms with Gasteiger partial charge in [0, 0.05) is 12.1 Å². The first-order valence-electron chi connectivity index (χ1n) is 4.74. The zero-order valence-corrected chi connectivity index (χ0v) is 9.04. The van der Waals surface area contributed by atoms with Crippen LogP contribution in [0.2, 0.25) is 0 Å². The van der Waals surface area contributed by atoms with Crippen molar-refractivity contribution in [1.82, 2.24) is 9.61 Å². The fraction of sp³-hybridized carbons (Fsp3) is 0.200. The Hall–Kier alpha value is -2.25. The van der Waals surface area contributed by atoms with Gasteiger partial charge in [-0.3, -0.25) is 14.4 Å². The Morgan fingerprint density at radius 3 is 2.56 bits per heavy atom. The molecule has 0 spiro atoms. The lowest BCUT2D eigenvalue weighted by molar-refractivity contribution is -0.142. The van der Waals surface area contributed by atoms with Gasteiger partial charge in [-0.1, -0.05) is 0 Å². The molecular formula is C10H7F3N2O3. The van der Waals surface area contributed by atoms with Crippen LogP contribution in [0.3, 0.4) is 0 Å². The summed E-state index contributed by atoms with van der Waals surface area (Å²) in [5.74, 6) is -0.820. The van der Waals surface area contributed by atoms with Crippen LogP contribution in [0.4, 0.5) is 13.2 Å². The Balaban J connectivity index is 2.76. The zero-order valence-electron chi connectivity index (χ0n) is 9.04. The molecule has 2 heterocycles. The number of rotatable bonds is 1. The highest BCUT2D eigenvalue weighted by molar-refractivity contribution is 5.88. The number of carbonyl (C=O) groups is 1. The molecule has 2 aromatic heterocycles. The van der Waals surface area contributed by atoms with Gasteiger partial charge in [0.1, 0.15) is 11.4 Å². The summed E-state index contributed by atoms with van der Waals surface area (Å²) >= 11 is 0. The van der Waals surface area contributed by atoms with Crippen molar-refractivity contribution in [3.8, 4) is 0 Å². The monoisotopic (exact) mass is 260 g/mol. The third-order valence-corrected chi connectivity index (χ3v) is 2.29. The van der Waals surface area contributed by atoms with Gasteiger partial charge in [0.05, 0.1) is 12.6 Å². The average Bonchev–Trinajstić information content (AvgIpc) is 2.68. The first-order chi connectivity index (χ1) is 8.32. The lowest BCUT2D eigenvalue weighted by Gasteiger charge is -2.08. The van der Waals surface area contributed by atoms with Gasteiger partial charge >= 0.3 is 12.1 Å². The zero-order chi connectivity index (χ0) is 13.5. The number of ether oxygens (including phenoxy) is 1. The number of halogens is 3. The van der Waals surface area contributed by atoms with Crippen molar-refractivity contribution in [2.24, 2.45) is 0 Å². The number of H-pyrrole nitrogens is 1. The van der Waals surface area contributed by atoms with Crippen LogP contribution >= 0.6 is 0 Å². The molecule has 0 radical (unpaired) electrons. The summed E-state index contributed by atoms with van der Waals surface area (Å²) in [6.07, 6.45) is -4.71. The first-order valence-corrected chi connectivity index (χ1v) is 4.74. The first kappa shape index (κ1) is 12.2. The van der Waals surface area contributed by atoms with E-state index in [4.69, 9.17) is 0 Å². The SMILES string of the molecule is COC(=O)c1cc2cc(=O)cc(C(F)(F)F)n2[nH]1. The van der Waals surface area contributed by atoms with Gasteiger partial charge in [0.15, 0.2) is 5.43 Å². The van der Waals surface area contributed by atoms with E-state index in [1.54, 1.807) is 0 Å². The molecule has 0 aliphatic carbocycles. The minimum atomic E-state index is -4.71. The molecular weight excluding hydrogens is 253 g/mol. The fourth-order valence-electron chi connectivity index (χ4n) is 1.55. The highest BCUT2D eigenvalue weighted by Gasteiger charge is 2.34. The van der Waals surface area contributed by atoms with Gasteiger partial charge < -0.3 is 4.74 Å². The maximum atomic E-state index is 12.7. The van der Waals surface area contributed by atoms with Crippen molar-refractivity contribution in [3.05, 3.63) is 39.8 Å². The summed E-state index contributed by atoms with van der Waals surface area (Å²) in [4.78, 5) is 22.4. The van der Waals surface area contributed by atoms with Crippen molar-refractivity contribution in [2.75, 3.05) is 7.11 Å². The quantitative estimate of drug-likeness (QED) is 0.789. The van der Waals surface area contributed by atoms with Crippen LogP contribution in [0.25, 0.3) is 5.52 Å². The van der Waals surface area contributed by atoms with E-state index >= 15 is 0 Å². The van der Waals surface area contributed by atoms with Crippen molar-refractivity contribution < 1.29 is 22.7 Å². The van der Waals surface area contributed by atoms with Crippen molar-refractivity contribution in [1.29, 1.82) is 0 Å². The van der Waals surface area contributed by atoms with Crippen LogP contribution < -0.4 is 5.43 Å². The number of aromatic amines is 1. The van der Waals surface area contributed by atoms with Crippen LogP contribution in [0, 0.1) is 0 Å². The molecule has 5 nitrogen and oxygen atoms in total. The van der Waals surface area contributed by atoms with Crippen LogP contribution in [0.15, 0.2) is 23.0 Å². The standard InChI is InChI=1S/C10H7F3N2O3/c1-18-9(17)7-3-5-2-6(16)4-8(10(11,12)13)15(5)14-7/h2-4,14H,1H3. The molecule has 2 rings (SSSR count). The Kier molecular flexibility index (Phi) is 2.64. The van der Waals surface area contributed by atoms with Gasteiger partial charge in [-0.25, -0.2) is 4.79 Å². The molecule has 0 unspecified atom stereocenters. The molecule has 96 valence electrons. The van der Waals surface area contributed by atoms with Gasteiger partial charge in [0.25, 0.3) is 0 Å². The topological polar surface area (TPSA) is 63.6 Å². The molecule has 8 heteroatoms. The van der Waals surface area contributed by atoms with Gasteiger partial charge in [-0.05, 0) is 6.07 Å². The fourth-order valence-corrected chi connectivity index (χ4v) is 1.55. The number of nitrogens with zero attached hydrogens (tertiary/aromatic N) is 1. The number of carbonyl (C=O) groups excluding carboxylic acids is 1. The van der Waals surface area contributed by atoms with E-state index in [2.05, 4.69) is 9.84 Å². The Morgan fingerprint density at radius 2 is 2.00 bits per heavy atom. The normalized spacial score (nSPS) is 11.8. The number of fused-ring (bicyclic) bond motifs is 1. The number of nitrogens with one attached hydrogen (secondary N) is 1. The Morgan fingerprint density at radius 1 is 1.33 bits per heavy atom. The van der Waals surface area contributed by atoms with Crippen LogP contribution in [-0.2, 0) is 10.9 Å². The van der Waals surface area contributed by atoms with Gasteiger partial charge in [-0.15, -0.1) is 0 Å². The molecule has 0 saturated heterocycles. The molecule has 0 saturated carbocycles. The third-order valence-electron chi connectivity index (χ3n) is 2.29. The number of pyridine rings is 1. The van der Waals surface area contributed by atoms with Gasteiger partial charge in [-0.2, -0.15) is 13.2 Å². The highest BCUT2D eigenvalue weighted by atomic mass is 19.4. The number of hydrogen-bond acceptors (Lipinski definition) is 3. The van der Waals surface area contributed by atoms with Crippen molar-refractivity contribution >= 4 is 11.5 Å². The number of hydrogen-bond donors (Lipinski definition) is 1. The predicted molar refractivity (Wildman–Crippen MR) is 54.4 cm³/mol. The lowest BCUT2D eigenvalue weighted by Crippen LogP contribution is -2.16. The van der Waals surface area contributed by atoms with Crippen molar-refractivity contribution in [3.63, 3.8) is 0 Å².